The molecule has 0 aromatic rings. The Balaban J connectivity index is 1.78. The molecule has 4 aliphatic carbocycles. The summed E-state index contributed by atoms with van der Waals surface area (Å²) in [4.78, 5) is 15.3. The summed E-state index contributed by atoms with van der Waals surface area (Å²) >= 11 is 4.50. The number of rotatable bonds is 2. The topological polar surface area (TPSA) is 29.4 Å². The number of amides is 1. The Morgan fingerprint density at radius 3 is 2.12 bits per heavy atom. The molecule has 1 amide bonds. The zero-order chi connectivity index (χ0) is 11.2. The van der Waals surface area contributed by atoms with Crippen molar-refractivity contribution in [3.05, 3.63) is 0 Å². The SMILES string of the molecule is O=C(CC12CC3CC(CC(C3)C1)C2)N=C=S. The summed E-state index contributed by atoms with van der Waals surface area (Å²) < 4.78 is 0. The molecule has 0 heterocycles. The second kappa shape index (κ2) is 3.75. The Labute approximate surface area is 102 Å². The highest BCUT2D eigenvalue weighted by Gasteiger charge is 2.51. The number of hydrogen-bond acceptors (Lipinski definition) is 2. The molecule has 4 rings (SSSR count). The minimum Gasteiger partial charge on any atom is -0.272 e. The third kappa shape index (κ3) is 1.76. The fourth-order valence-corrected chi connectivity index (χ4v) is 5.02. The van der Waals surface area contributed by atoms with Gasteiger partial charge in [-0.1, -0.05) is 0 Å². The monoisotopic (exact) mass is 235 g/mol. The highest BCUT2D eigenvalue weighted by atomic mass is 32.1. The highest BCUT2D eigenvalue weighted by molar-refractivity contribution is 7.78. The fraction of sp³-hybridized carbons (Fsp3) is 0.846. The lowest BCUT2D eigenvalue weighted by Gasteiger charge is -2.56. The van der Waals surface area contributed by atoms with Crippen LogP contribution in [0.3, 0.4) is 0 Å². The van der Waals surface area contributed by atoms with Gasteiger partial charge in [-0.2, -0.15) is 4.99 Å². The second-order valence-corrected chi connectivity index (χ2v) is 6.37. The summed E-state index contributed by atoms with van der Waals surface area (Å²) in [6.45, 7) is 0. The van der Waals surface area contributed by atoms with E-state index in [0.717, 1.165) is 17.8 Å². The number of aliphatic imine (C=N–C) groups is 1. The van der Waals surface area contributed by atoms with Crippen LogP contribution >= 0.6 is 12.2 Å². The molecule has 4 bridgehead atoms. The predicted molar refractivity (Wildman–Crippen MR) is 65.3 cm³/mol. The van der Waals surface area contributed by atoms with Crippen LogP contribution in [0.25, 0.3) is 0 Å². The smallest absolute Gasteiger partial charge is 0.255 e. The summed E-state index contributed by atoms with van der Waals surface area (Å²) in [7, 11) is 0. The van der Waals surface area contributed by atoms with E-state index in [9.17, 15) is 4.79 Å². The van der Waals surface area contributed by atoms with Crippen LogP contribution in [0.4, 0.5) is 0 Å². The van der Waals surface area contributed by atoms with Crippen molar-refractivity contribution in [1.82, 2.24) is 0 Å². The summed E-state index contributed by atoms with van der Waals surface area (Å²) in [5, 5.41) is 2.21. The number of hydrogen-bond donors (Lipinski definition) is 0. The van der Waals surface area contributed by atoms with Crippen LogP contribution in [0, 0.1) is 23.2 Å². The molecular formula is C13H17NOS. The van der Waals surface area contributed by atoms with Crippen LogP contribution in [0.5, 0.6) is 0 Å². The van der Waals surface area contributed by atoms with Crippen LogP contribution < -0.4 is 0 Å². The fourth-order valence-electron chi connectivity index (χ4n) is 4.92. The van der Waals surface area contributed by atoms with Crippen molar-refractivity contribution in [1.29, 1.82) is 0 Å². The molecule has 0 atom stereocenters. The van der Waals surface area contributed by atoms with Gasteiger partial charge in [-0.25, -0.2) is 0 Å². The molecule has 4 fully saturated rings. The molecule has 0 N–H and O–H groups in total. The van der Waals surface area contributed by atoms with E-state index in [1.165, 1.54) is 38.5 Å². The lowest BCUT2D eigenvalue weighted by molar-refractivity contribution is -0.126. The Kier molecular flexibility index (Phi) is 2.49. The lowest BCUT2D eigenvalue weighted by Crippen LogP contribution is -2.46. The largest absolute Gasteiger partial charge is 0.272 e. The van der Waals surface area contributed by atoms with Crippen LogP contribution in [-0.4, -0.2) is 11.1 Å². The van der Waals surface area contributed by atoms with Crippen molar-refractivity contribution in [2.24, 2.45) is 28.2 Å². The van der Waals surface area contributed by atoms with Crippen molar-refractivity contribution < 1.29 is 4.79 Å². The summed E-state index contributed by atoms with van der Waals surface area (Å²) in [6.07, 6.45) is 8.67. The van der Waals surface area contributed by atoms with Gasteiger partial charge < -0.3 is 0 Å². The van der Waals surface area contributed by atoms with Gasteiger partial charge in [-0.05, 0) is 73.9 Å². The molecule has 0 spiro atoms. The summed E-state index contributed by atoms with van der Waals surface area (Å²) in [5.41, 5.74) is 0.293. The van der Waals surface area contributed by atoms with E-state index in [1.807, 2.05) is 0 Å². The number of thiocarbonyl (C=S) groups is 1. The van der Waals surface area contributed by atoms with Gasteiger partial charge in [0.15, 0.2) is 0 Å². The third-order valence-electron chi connectivity index (χ3n) is 4.86. The van der Waals surface area contributed by atoms with Gasteiger partial charge in [0.2, 0.25) is 0 Å². The van der Waals surface area contributed by atoms with Crippen LogP contribution in [0.2, 0.25) is 0 Å². The molecule has 0 radical (unpaired) electrons. The van der Waals surface area contributed by atoms with Crippen molar-refractivity contribution in [2.45, 2.75) is 44.9 Å². The molecule has 4 aliphatic rings. The lowest BCUT2D eigenvalue weighted by atomic mass is 9.49. The Morgan fingerprint density at radius 2 is 1.69 bits per heavy atom. The molecule has 0 unspecified atom stereocenters. The maximum atomic E-state index is 11.6. The predicted octanol–water partition coefficient (Wildman–Crippen LogP) is 3.22. The first-order valence-electron chi connectivity index (χ1n) is 6.30. The first-order chi connectivity index (χ1) is 7.69. The van der Waals surface area contributed by atoms with E-state index in [4.69, 9.17) is 0 Å². The van der Waals surface area contributed by atoms with Gasteiger partial charge >= 0.3 is 0 Å². The Bertz CT molecular complexity index is 335. The average Bonchev–Trinajstić information content (AvgIpc) is 2.13. The van der Waals surface area contributed by atoms with Crippen molar-refractivity contribution in [3.63, 3.8) is 0 Å². The zero-order valence-corrected chi connectivity index (χ0v) is 10.3. The number of carbonyl (C=O) groups is 1. The van der Waals surface area contributed by atoms with E-state index in [-0.39, 0.29) is 5.91 Å². The van der Waals surface area contributed by atoms with E-state index in [2.05, 4.69) is 22.4 Å². The maximum Gasteiger partial charge on any atom is 0.255 e. The molecule has 86 valence electrons. The number of carbonyl (C=O) groups excluding carboxylic acids is 1. The quantitative estimate of drug-likeness (QED) is 0.543. The molecule has 0 aromatic carbocycles. The second-order valence-electron chi connectivity index (χ2n) is 6.19. The summed E-state index contributed by atoms with van der Waals surface area (Å²) in [6, 6.07) is 0. The molecule has 0 saturated heterocycles. The van der Waals surface area contributed by atoms with Crippen LogP contribution in [0.15, 0.2) is 4.99 Å². The number of nitrogens with zero attached hydrogens (tertiary/aromatic N) is 1. The van der Waals surface area contributed by atoms with Crippen molar-refractivity contribution in [2.75, 3.05) is 0 Å². The van der Waals surface area contributed by atoms with Gasteiger partial charge in [-0.15, -0.1) is 0 Å². The standard InChI is InChI=1S/C13H17NOS/c15-12(14-8-16)7-13-4-9-1-10(5-13)3-11(2-9)6-13/h9-11H,1-7H2. The van der Waals surface area contributed by atoms with E-state index >= 15 is 0 Å². The van der Waals surface area contributed by atoms with Gasteiger partial charge in [0.1, 0.15) is 0 Å². The summed E-state index contributed by atoms with van der Waals surface area (Å²) in [5.74, 6) is 2.65. The molecule has 4 saturated carbocycles. The Hall–Kier alpha value is -0.530. The van der Waals surface area contributed by atoms with Crippen molar-refractivity contribution >= 4 is 23.3 Å². The van der Waals surface area contributed by atoms with Gasteiger partial charge in [0.05, 0.1) is 5.16 Å². The van der Waals surface area contributed by atoms with Gasteiger partial charge in [-0.3, -0.25) is 4.79 Å². The highest BCUT2D eigenvalue weighted by Crippen LogP contribution is 2.61. The first kappa shape index (κ1) is 10.6. The first-order valence-corrected chi connectivity index (χ1v) is 6.71. The number of isothiocyanates is 1. The van der Waals surface area contributed by atoms with Gasteiger partial charge in [0, 0.05) is 6.42 Å². The van der Waals surface area contributed by atoms with Crippen LogP contribution in [0.1, 0.15) is 44.9 Å². The molecule has 3 heteroatoms. The molecule has 16 heavy (non-hydrogen) atoms. The van der Waals surface area contributed by atoms with E-state index in [1.54, 1.807) is 0 Å². The average molecular weight is 235 g/mol. The van der Waals surface area contributed by atoms with E-state index in [0.29, 0.717) is 11.8 Å². The van der Waals surface area contributed by atoms with Gasteiger partial charge in [0.25, 0.3) is 5.91 Å². The van der Waals surface area contributed by atoms with E-state index < -0.39 is 0 Å². The minimum absolute atomic E-state index is 0.0445. The van der Waals surface area contributed by atoms with Crippen molar-refractivity contribution in [3.8, 4) is 0 Å². The minimum atomic E-state index is -0.0445. The molecule has 0 aliphatic heterocycles. The third-order valence-corrected chi connectivity index (χ3v) is 4.95. The molecule has 2 nitrogen and oxygen atoms in total. The molecular weight excluding hydrogens is 218 g/mol. The Morgan fingerprint density at radius 1 is 1.19 bits per heavy atom. The zero-order valence-electron chi connectivity index (χ0n) is 9.45. The normalized spacial score (nSPS) is 44.1. The maximum absolute atomic E-state index is 11.6. The van der Waals surface area contributed by atoms with Crippen LogP contribution in [-0.2, 0) is 4.79 Å². The molecule has 0 aromatic heterocycles.